The van der Waals surface area contributed by atoms with Gasteiger partial charge in [0.2, 0.25) is 0 Å². The number of benzene rings is 1. The normalized spacial score (nSPS) is 11.8. The van der Waals surface area contributed by atoms with Crippen molar-refractivity contribution in [2.24, 2.45) is 0 Å². The van der Waals surface area contributed by atoms with Crippen molar-refractivity contribution in [2.75, 3.05) is 13.7 Å². The number of nitriles is 1. The minimum absolute atomic E-state index is 0.0747. The average Bonchev–Trinajstić information content (AvgIpc) is 2.26. The molecule has 0 N–H and O–H groups in total. The average molecular weight is 191 g/mol. The van der Waals surface area contributed by atoms with Gasteiger partial charge < -0.3 is 9.47 Å². The lowest BCUT2D eigenvalue weighted by atomic mass is 10.2. The first-order chi connectivity index (χ1) is 6.76. The maximum atomic E-state index is 8.57. The molecule has 1 rings (SSSR count). The number of methoxy groups -OCH3 is 1. The lowest BCUT2D eigenvalue weighted by Gasteiger charge is -2.10. The van der Waals surface area contributed by atoms with E-state index in [1.54, 1.807) is 31.4 Å². The van der Waals surface area contributed by atoms with Crippen molar-refractivity contribution in [2.45, 2.75) is 13.0 Å². The lowest BCUT2D eigenvalue weighted by Crippen LogP contribution is -2.15. The van der Waals surface area contributed by atoms with Crippen LogP contribution in [0.15, 0.2) is 24.3 Å². The second-order valence-corrected chi connectivity index (χ2v) is 2.99. The maximum Gasteiger partial charge on any atom is 0.119 e. The highest BCUT2D eigenvalue weighted by Gasteiger charge is 2.00. The first kappa shape index (κ1) is 10.6. The molecule has 3 nitrogen and oxygen atoms in total. The second-order valence-electron chi connectivity index (χ2n) is 2.99. The molecule has 0 aliphatic rings. The monoisotopic (exact) mass is 191 g/mol. The van der Waals surface area contributed by atoms with Gasteiger partial charge in [0.25, 0.3) is 0 Å². The molecule has 0 saturated carbocycles. The summed E-state index contributed by atoms with van der Waals surface area (Å²) in [6, 6.07) is 9.07. The summed E-state index contributed by atoms with van der Waals surface area (Å²) >= 11 is 0. The summed E-state index contributed by atoms with van der Waals surface area (Å²) in [5.41, 5.74) is 0.636. The molecule has 0 heterocycles. The zero-order chi connectivity index (χ0) is 10.4. The Hall–Kier alpha value is -1.53. The van der Waals surface area contributed by atoms with Crippen molar-refractivity contribution in [1.82, 2.24) is 0 Å². The molecular weight excluding hydrogens is 178 g/mol. The fraction of sp³-hybridized carbons (Fsp3) is 0.364. The van der Waals surface area contributed by atoms with Crippen LogP contribution in [0.4, 0.5) is 0 Å². The fourth-order valence-corrected chi connectivity index (χ4v) is 0.907. The van der Waals surface area contributed by atoms with Crippen molar-refractivity contribution in [1.29, 1.82) is 5.26 Å². The molecule has 0 bridgehead atoms. The van der Waals surface area contributed by atoms with E-state index in [4.69, 9.17) is 14.7 Å². The molecule has 0 aromatic heterocycles. The minimum Gasteiger partial charge on any atom is -0.491 e. The van der Waals surface area contributed by atoms with Crippen molar-refractivity contribution < 1.29 is 9.47 Å². The van der Waals surface area contributed by atoms with Crippen LogP contribution in [0.25, 0.3) is 0 Å². The van der Waals surface area contributed by atoms with Gasteiger partial charge in [0.15, 0.2) is 0 Å². The fourth-order valence-electron chi connectivity index (χ4n) is 0.907. The van der Waals surface area contributed by atoms with Crippen molar-refractivity contribution in [3.8, 4) is 11.8 Å². The van der Waals surface area contributed by atoms with Gasteiger partial charge in [-0.25, -0.2) is 0 Å². The van der Waals surface area contributed by atoms with Crippen LogP contribution in [0.1, 0.15) is 12.5 Å². The zero-order valence-electron chi connectivity index (χ0n) is 8.36. The summed E-state index contributed by atoms with van der Waals surface area (Å²) in [6.45, 7) is 2.45. The third-order valence-corrected chi connectivity index (χ3v) is 1.87. The molecule has 0 aliphatic carbocycles. The van der Waals surface area contributed by atoms with E-state index in [9.17, 15) is 0 Å². The Kier molecular flexibility index (Phi) is 3.96. The summed E-state index contributed by atoms with van der Waals surface area (Å²) in [7, 11) is 1.65. The number of hydrogen-bond donors (Lipinski definition) is 0. The number of rotatable bonds is 4. The van der Waals surface area contributed by atoms with E-state index in [-0.39, 0.29) is 6.10 Å². The Labute approximate surface area is 83.9 Å². The highest BCUT2D eigenvalue weighted by Crippen LogP contribution is 2.11. The van der Waals surface area contributed by atoms with Crippen molar-refractivity contribution in [3.63, 3.8) is 0 Å². The van der Waals surface area contributed by atoms with E-state index in [0.717, 1.165) is 5.75 Å². The highest BCUT2D eigenvalue weighted by atomic mass is 16.5. The van der Waals surface area contributed by atoms with E-state index >= 15 is 0 Å². The van der Waals surface area contributed by atoms with Crippen LogP contribution in [-0.4, -0.2) is 19.8 Å². The molecule has 0 saturated heterocycles. The molecule has 0 radical (unpaired) electrons. The van der Waals surface area contributed by atoms with Gasteiger partial charge in [0, 0.05) is 7.11 Å². The minimum atomic E-state index is 0.0747. The topological polar surface area (TPSA) is 42.2 Å². The quantitative estimate of drug-likeness (QED) is 0.730. The van der Waals surface area contributed by atoms with Crippen LogP contribution in [0.3, 0.4) is 0 Å². The Morgan fingerprint density at radius 2 is 2.00 bits per heavy atom. The van der Waals surface area contributed by atoms with Gasteiger partial charge in [-0.3, -0.25) is 0 Å². The Bertz CT molecular complexity index is 313. The Morgan fingerprint density at radius 3 is 2.50 bits per heavy atom. The van der Waals surface area contributed by atoms with E-state index in [1.165, 1.54) is 0 Å². The third-order valence-electron chi connectivity index (χ3n) is 1.87. The molecule has 74 valence electrons. The molecule has 1 aromatic carbocycles. The van der Waals surface area contributed by atoms with Gasteiger partial charge in [-0.1, -0.05) is 0 Å². The van der Waals surface area contributed by atoms with Crippen LogP contribution >= 0.6 is 0 Å². The van der Waals surface area contributed by atoms with Crippen LogP contribution in [0, 0.1) is 11.3 Å². The number of nitrogens with zero attached hydrogens (tertiary/aromatic N) is 1. The molecule has 1 atom stereocenters. The zero-order valence-corrected chi connectivity index (χ0v) is 8.36. The van der Waals surface area contributed by atoms with Crippen LogP contribution in [-0.2, 0) is 4.74 Å². The molecule has 0 fully saturated rings. The van der Waals surface area contributed by atoms with Crippen LogP contribution in [0.2, 0.25) is 0 Å². The Balaban J connectivity index is 2.49. The van der Waals surface area contributed by atoms with Gasteiger partial charge in [-0.2, -0.15) is 5.26 Å². The summed E-state index contributed by atoms with van der Waals surface area (Å²) in [6.07, 6.45) is 0.0747. The molecule has 0 spiro atoms. The summed E-state index contributed by atoms with van der Waals surface area (Å²) < 4.78 is 10.5. The summed E-state index contributed by atoms with van der Waals surface area (Å²) in [5, 5.41) is 8.57. The maximum absolute atomic E-state index is 8.57. The molecule has 1 unspecified atom stereocenters. The van der Waals surface area contributed by atoms with Crippen LogP contribution < -0.4 is 4.74 Å². The van der Waals surface area contributed by atoms with Gasteiger partial charge in [0.1, 0.15) is 12.4 Å². The van der Waals surface area contributed by atoms with E-state index in [2.05, 4.69) is 0 Å². The van der Waals surface area contributed by atoms with Crippen LogP contribution in [0.5, 0.6) is 5.75 Å². The summed E-state index contributed by atoms with van der Waals surface area (Å²) in [4.78, 5) is 0. The van der Waals surface area contributed by atoms with E-state index in [1.807, 2.05) is 13.0 Å². The van der Waals surface area contributed by atoms with E-state index in [0.29, 0.717) is 12.2 Å². The molecular formula is C11H13NO2. The first-order valence-electron chi connectivity index (χ1n) is 4.42. The van der Waals surface area contributed by atoms with Crippen molar-refractivity contribution >= 4 is 0 Å². The van der Waals surface area contributed by atoms with Gasteiger partial charge in [0.05, 0.1) is 17.7 Å². The Morgan fingerprint density at radius 1 is 1.36 bits per heavy atom. The lowest BCUT2D eigenvalue weighted by molar-refractivity contribution is 0.0717. The number of ether oxygens (including phenoxy) is 2. The van der Waals surface area contributed by atoms with E-state index < -0.39 is 0 Å². The smallest absolute Gasteiger partial charge is 0.119 e. The molecule has 0 aliphatic heterocycles. The molecule has 14 heavy (non-hydrogen) atoms. The SMILES string of the molecule is COC(C)COc1ccc(C#N)cc1. The largest absolute Gasteiger partial charge is 0.491 e. The van der Waals surface area contributed by atoms with Gasteiger partial charge >= 0.3 is 0 Å². The predicted octanol–water partition coefficient (Wildman–Crippen LogP) is 1.97. The highest BCUT2D eigenvalue weighted by molar-refractivity contribution is 5.34. The standard InChI is InChI=1S/C11H13NO2/c1-9(13-2)8-14-11-5-3-10(7-12)4-6-11/h3-6,9H,8H2,1-2H3. The molecule has 3 heteroatoms. The molecule has 0 amide bonds. The van der Waals surface area contributed by atoms with Gasteiger partial charge in [-0.05, 0) is 31.2 Å². The van der Waals surface area contributed by atoms with Gasteiger partial charge in [-0.15, -0.1) is 0 Å². The van der Waals surface area contributed by atoms with Crippen molar-refractivity contribution in [3.05, 3.63) is 29.8 Å². The number of hydrogen-bond acceptors (Lipinski definition) is 3. The predicted molar refractivity (Wildman–Crippen MR) is 53.1 cm³/mol. The molecule has 1 aromatic rings. The third kappa shape index (κ3) is 3.08. The second kappa shape index (κ2) is 5.25. The summed E-state index contributed by atoms with van der Waals surface area (Å²) in [5.74, 6) is 0.757. The first-order valence-corrected chi connectivity index (χ1v) is 4.42.